The van der Waals surface area contributed by atoms with Crippen molar-refractivity contribution in [2.75, 3.05) is 0 Å². The maximum Gasteiger partial charge on any atom is 0.149 e. The highest BCUT2D eigenvalue weighted by atomic mass is 16.3. The molecule has 9 rings (SSSR count). The zero-order valence-corrected chi connectivity index (χ0v) is 41.8. The zero-order chi connectivity index (χ0) is 50.1. The smallest absolute Gasteiger partial charge is 0.149 e. The van der Waals surface area contributed by atoms with Crippen molar-refractivity contribution in [3.63, 3.8) is 0 Å². The topological polar surface area (TPSA) is 50.9 Å². The molecule has 7 aromatic carbocycles. The van der Waals surface area contributed by atoms with Gasteiger partial charge in [0.1, 0.15) is 11.6 Å². The fraction of sp³-hybridized carbons (Fsp3) is 0.250. The molecule has 2 heterocycles. The van der Waals surface area contributed by atoms with Gasteiger partial charge in [-0.15, -0.1) is 0 Å². The summed E-state index contributed by atoms with van der Waals surface area (Å²) in [5.74, 6) is -1.72. The summed E-state index contributed by atoms with van der Waals surface area (Å²) in [5.41, 5.74) is 18.9. The van der Waals surface area contributed by atoms with Crippen LogP contribution in [0.1, 0.15) is 117 Å². The summed E-state index contributed by atoms with van der Waals surface area (Å²) in [4.78, 5) is 10.6. The second-order valence-corrected chi connectivity index (χ2v) is 21.1. The number of aromatic hydroxyl groups is 1. The van der Waals surface area contributed by atoms with E-state index in [-0.39, 0.29) is 16.6 Å². The minimum atomic E-state index is -1.18. The number of benzene rings is 7. The molecule has 0 radical (unpaired) electrons. The first-order valence-corrected chi connectivity index (χ1v) is 23.9. The molecule has 0 bridgehead atoms. The number of pyridine rings is 1. The molecule has 1 N–H and O–H groups in total. The molecular formula is C64H65N3O. The lowest BCUT2D eigenvalue weighted by atomic mass is 9.83. The van der Waals surface area contributed by atoms with Gasteiger partial charge in [0.15, 0.2) is 0 Å². The Hall–Kier alpha value is -7.04. The van der Waals surface area contributed by atoms with E-state index >= 15 is 0 Å². The Balaban J connectivity index is 1.39. The quantitative estimate of drug-likeness (QED) is 0.157. The van der Waals surface area contributed by atoms with E-state index < -0.39 is 11.8 Å². The molecule has 68 heavy (non-hydrogen) atoms. The zero-order valence-electron chi connectivity index (χ0n) is 43.8. The Morgan fingerprint density at radius 2 is 1.19 bits per heavy atom. The molecule has 0 atom stereocenters. The summed E-state index contributed by atoms with van der Waals surface area (Å²) >= 11 is 0. The third-order valence-electron chi connectivity index (χ3n) is 13.4. The van der Waals surface area contributed by atoms with Crippen LogP contribution in [0.5, 0.6) is 5.75 Å². The highest BCUT2D eigenvalue weighted by molar-refractivity contribution is 5.98. The summed E-state index contributed by atoms with van der Waals surface area (Å²) in [6.45, 7) is 25.0. The summed E-state index contributed by atoms with van der Waals surface area (Å²) in [6, 6.07) is 53.6. The van der Waals surface area contributed by atoms with Crippen molar-refractivity contribution in [2.24, 2.45) is 0 Å². The first-order chi connectivity index (χ1) is 33.0. The Kier molecular flexibility index (Phi) is 11.4. The number of phenolic OH excluding ortho intramolecular Hbond substituents is 1. The number of nitrogens with zero attached hydrogens (tertiary/aromatic N) is 3. The van der Waals surface area contributed by atoms with Gasteiger partial charge >= 0.3 is 0 Å². The second-order valence-electron chi connectivity index (χ2n) is 21.1. The summed E-state index contributed by atoms with van der Waals surface area (Å²) in [6.07, 6.45) is 1.90. The largest absolute Gasteiger partial charge is 0.507 e. The van der Waals surface area contributed by atoms with Crippen molar-refractivity contribution >= 4 is 11.0 Å². The molecule has 0 saturated heterocycles. The standard InChI is InChI=1S/C64H65N3O/c1-39(2)47-35-53(40(3)4)61(68)56(36-47)62-66-60-52(48-32-49(34-51(33-48)64(10,11)12)57-37-46(29-30-65-57)43-23-21-41(5)22-24-43)19-16-20-58(60)67(62)59-38-54(44-17-14-13-15-18-44)42(6)31-55(59)45-25-27-50(28-26-45)63(7,8)9/h13-40,68H,1-12H3/i39D,40D. The van der Waals surface area contributed by atoms with Crippen LogP contribution in [-0.2, 0) is 10.8 Å². The number of fused-ring (bicyclic) bond motifs is 1. The SMILES string of the molecule is [2H]C(C)(C)c1cc(-c2nc3c(-c4cc(-c5cc(-c6ccc(C)cc6)ccn5)cc(C(C)(C)C)c4)cccc3n2-c2cc(-c3ccccc3)c(C)cc2-c2ccc(C(C)(C)C)cc2)c(O)c(C([2H])(C)C)c1. The van der Waals surface area contributed by atoms with Crippen molar-refractivity contribution in [2.45, 2.75) is 106 Å². The van der Waals surface area contributed by atoms with Crippen LogP contribution in [0.15, 0.2) is 158 Å². The molecule has 9 aromatic rings. The molecule has 0 saturated carbocycles. The molecule has 0 aliphatic heterocycles. The van der Waals surface area contributed by atoms with Gasteiger partial charge in [-0.1, -0.05) is 178 Å². The van der Waals surface area contributed by atoms with E-state index in [1.807, 2.05) is 38.2 Å². The lowest BCUT2D eigenvalue weighted by molar-refractivity contribution is 0.466. The molecule has 0 fully saturated rings. The lowest BCUT2D eigenvalue weighted by Gasteiger charge is -2.22. The first-order valence-electron chi connectivity index (χ1n) is 24.9. The molecule has 0 aliphatic carbocycles. The molecule has 0 unspecified atom stereocenters. The van der Waals surface area contributed by atoms with Gasteiger partial charge in [-0.3, -0.25) is 9.55 Å². The van der Waals surface area contributed by atoms with Gasteiger partial charge in [0, 0.05) is 25.6 Å². The number of rotatable bonds is 9. The predicted octanol–water partition coefficient (Wildman–Crippen LogP) is 17.6. The van der Waals surface area contributed by atoms with Crippen LogP contribution in [-0.4, -0.2) is 19.6 Å². The fourth-order valence-electron chi connectivity index (χ4n) is 9.30. The van der Waals surface area contributed by atoms with Crippen LogP contribution < -0.4 is 0 Å². The van der Waals surface area contributed by atoms with Crippen molar-refractivity contribution in [3.05, 3.63) is 191 Å². The number of hydrogen-bond donors (Lipinski definition) is 1. The Labute approximate surface area is 407 Å². The van der Waals surface area contributed by atoms with Crippen LogP contribution in [0.3, 0.4) is 0 Å². The monoisotopic (exact) mass is 894 g/mol. The lowest BCUT2D eigenvalue weighted by Crippen LogP contribution is -2.11. The minimum absolute atomic E-state index is 0.0193. The van der Waals surface area contributed by atoms with E-state index in [1.54, 1.807) is 13.8 Å². The fourth-order valence-corrected chi connectivity index (χ4v) is 9.30. The predicted molar refractivity (Wildman–Crippen MR) is 288 cm³/mol. The third kappa shape index (κ3) is 8.93. The number of hydrogen-bond acceptors (Lipinski definition) is 3. The molecule has 4 nitrogen and oxygen atoms in total. The van der Waals surface area contributed by atoms with Gasteiger partial charge in [-0.2, -0.15) is 0 Å². The summed E-state index contributed by atoms with van der Waals surface area (Å²) in [5, 5.41) is 12.6. The van der Waals surface area contributed by atoms with E-state index in [1.165, 1.54) is 11.1 Å². The van der Waals surface area contributed by atoms with Gasteiger partial charge in [0.05, 0.1) is 28.0 Å². The normalized spacial score (nSPS) is 12.9. The van der Waals surface area contributed by atoms with Crippen molar-refractivity contribution in [1.29, 1.82) is 0 Å². The summed E-state index contributed by atoms with van der Waals surface area (Å²) < 4.78 is 20.8. The van der Waals surface area contributed by atoms with Crippen molar-refractivity contribution in [3.8, 4) is 78.6 Å². The minimum Gasteiger partial charge on any atom is -0.507 e. The van der Waals surface area contributed by atoms with E-state index in [4.69, 9.17) is 9.97 Å². The second kappa shape index (κ2) is 17.9. The molecule has 4 heteroatoms. The number of para-hydroxylation sites is 1. The Morgan fingerprint density at radius 3 is 1.85 bits per heavy atom. The molecule has 0 amide bonds. The maximum absolute atomic E-state index is 12.6. The molecule has 342 valence electrons. The summed E-state index contributed by atoms with van der Waals surface area (Å²) in [7, 11) is 0. The van der Waals surface area contributed by atoms with Gasteiger partial charge in [-0.05, 0) is 146 Å². The molecular weight excluding hydrogens is 827 g/mol. The van der Waals surface area contributed by atoms with Crippen LogP contribution in [0, 0.1) is 13.8 Å². The van der Waals surface area contributed by atoms with Crippen molar-refractivity contribution in [1.82, 2.24) is 14.5 Å². The van der Waals surface area contributed by atoms with Gasteiger partial charge in [0.2, 0.25) is 0 Å². The van der Waals surface area contributed by atoms with E-state index in [2.05, 4.69) is 193 Å². The van der Waals surface area contributed by atoms with Gasteiger partial charge in [0.25, 0.3) is 0 Å². The first kappa shape index (κ1) is 43.5. The van der Waals surface area contributed by atoms with E-state index in [9.17, 15) is 7.85 Å². The molecule has 0 aliphatic rings. The van der Waals surface area contributed by atoms with Crippen LogP contribution in [0.25, 0.3) is 83.9 Å². The van der Waals surface area contributed by atoms with Crippen LogP contribution >= 0.6 is 0 Å². The van der Waals surface area contributed by atoms with Crippen LogP contribution in [0.4, 0.5) is 0 Å². The number of aryl methyl sites for hydroxylation is 2. The van der Waals surface area contributed by atoms with Crippen LogP contribution in [0.2, 0.25) is 0 Å². The maximum atomic E-state index is 12.6. The number of imidazole rings is 1. The Morgan fingerprint density at radius 1 is 0.529 bits per heavy atom. The van der Waals surface area contributed by atoms with Gasteiger partial charge in [-0.25, -0.2) is 4.98 Å². The highest BCUT2D eigenvalue weighted by Gasteiger charge is 2.27. The van der Waals surface area contributed by atoms with E-state index in [0.29, 0.717) is 22.5 Å². The average molecular weight is 894 g/mol. The highest BCUT2D eigenvalue weighted by Crippen LogP contribution is 2.46. The molecule has 2 aromatic heterocycles. The third-order valence-corrected chi connectivity index (χ3v) is 13.4. The average Bonchev–Trinajstić information content (AvgIpc) is 3.70. The number of phenols is 1. The Bertz CT molecular complexity index is 3410. The molecule has 0 spiro atoms. The number of aromatic nitrogens is 3. The van der Waals surface area contributed by atoms with Crippen molar-refractivity contribution < 1.29 is 7.85 Å². The van der Waals surface area contributed by atoms with Gasteiger partial charge < -0.3 is 5.11 Å². The van der Waals surface area contributed by atoms with E-state index in [0.717, 1.165) is 83.6 Å².